The summed E-state index contributed by atoms with van der Waals surface area (Å²) < 4.78 is 4.94. The summed E-state index contributed by atoms with van der Waals surface area (Å²) in [6.45, 7) is 4.58. The highest BCUT2D eigenvalue weighted by Gasteiger charge is 2.26. The standard InChI is InChI=1S/C9H13N3O4/c1-4(5(2)8(14)15)7(13)10-9-12-11-6(3)16-9/h4-5H,1-3H3,(H,14,15)(H,10,12,13). The lowest BCUT2D eigenvalue weighted by Crippen LogP contribution is -2.30. The Morgan fingerprint density at radius 1 is 1.31 bits per heavy atom. The van der Waals surface area contributed by atoms with E-state index in [1.807, 2.05) is 0 Å². The summed E-state index contributed by atoms with van der Waals surface area (Å²) >= 11 is 0. The molecule has 1 heterocycles. The van der Waals surface area contributed by atoms with E-state index in [0.717, 1.165) is 0 Å². The molecule has 0 aliphatic rings. The monoisotopic (exact) mass is 227 g/mol. The minimum atomic E-state index is -1.02. The zero-order valence-corrected chi connectivity index (χ0v) is 9.22. The summed E-state index contributed by atoms with van der Waals surface area (Å²) in [4.78, 5) is 22.2. The maximum atomic E-state index is 11.6. The molecule has 0 saturated heterocycles. The first-order chi connectivity index (χ1) is 7.41. The number of aryl methyl sites for hydroxylation is 1. The minimum absolute atomic E-state index is 0.0214. The van der Waals surface area contributed by atoms with Crippen molar-refractivity contribution in [1.29, 1.82) is 0 Å². The van der Waals surface area contributed by atoms with Gasteiger partial charge in [-0.1, -0.05) is 18.9 Å². The molecule has 0 bridgehead atoms. The van der Waals surface area contributed by atoms with Crippen molar-refractivity contribution < 1.29 is 19.1 Å². The quantitative estimate of drug-likeness (QED) is 0.783. The summed E-state index contributed by atoms with van der Waals surface area (Å²) in [7, 11) is 0. The second-order valence-electron chi connectivity index (χ2n) is 3.53. The van der Waals surface area contributed by atoms with Gasteiger partial charge in [0.25, 0.3) is 0 Å². The van der Waals surface area contributed by atoms with E-state index in [9.17, 15) is 9.59 Å². The highest BCUT2D eigenvalue weighted by Crippen LogP contribution is 2.14. The van der Waals surface area contributed by atoms with Crippen LogP contribution >= 0.6 is 0 Å². The number of aromatic nitrogens is 2. The van der Waals surface area contributed by atoms with Gasteiger partial charge in [-0.2, -0.15) is 0 Å². The van der Waals surface area contributed by atoms with Crippen molar-refractivity contribution in [2.75, 3.05) is 5.32 Å². The van der Waals surface area contributed by atoms with Gasteiger partial charge in [-0.05, 0) is 0 Å². The molecule has 2 unspecified atom stereocenters. The number of hydrogen-bond acceptors (Lipinski definition) is 5. The van der Waals surface area contributed by atoms with Gasteiger partial charge >= 0.3 is 12.0 Å². The maximum Gasteiger partial charge on any atom is 0.322 e. The Kier molecular flexibility index (Phi) is 3.60. The van der Waals surface area contributed by atoms with Crippen molar-refractivity contribution in [1.82, 2.24) is 10.2 Å². The molecule has 7 heteroatoms. The molecule has 0 aromatic carbocycles. The van der Waals surface area contributed by atoms with Crippen LogP contribution in [0.2, 0.25) is 0 Å². The highest BCUT2D eigenvalue weighted by atomic mass is 16.4. The van der Waals surface area contributed by atoms with Crippen molar-refractivity contribution in [2.24, 2.45) is 11.8 Å². The van der Waals surface area contributed by atoms with E-state index in [2.05, 4.69) is 15.5 Å². The molecule has 0 fully saturated rings. The van der Waals surface area contributed by atoms with Gasteiger partial charge in [-0.3, -0.25) is 14.9 Å². The van der Waals surface area contributed by atoms with E-state index in [1.165, 1.54) is 13.8 Å². The lowest BCUT2D eigenvalue weighted by molar-refractivity contribution is -0.145. The topological polar surface area (TPSA) is 105 Å². The molecule has 1 rings (SSSR count). The summed E-state index contributed by atoms with van der Waals surface area (Å²) in [5.41, 5.74) is 0. The Morgan fingerprint density at radius 2 is 1.94 bits per heavy atom. The predicted octanol–water partition coefficient (Wildman–Crippen LogP) is 0.673. The van der Waals surface area contributed by atoms with Crippen LogP contribution in [-0.2, 0) is 9.59 Å². The summed E-state index contributed by atoms with van der Waals surface area (Å²) in [6.07, 6.45) is 0. The zero-order valence-electron chi connectivity index (χ0n) is 9.22. The number of hydrogen-bond donors (Lipinski definition) is 2. The highest BCUT2D eigenvalue weighted by molar-refractivity contribution is 5.93. The van der Waals surface area contributed by atoms with E-state index in [0.29, 0.717) is 5.89 Å². The third kappa shape index (κ3) is 2.78. The number of nitrogens with zero attached hydrogens (tertiary/aromatic N) is 2. The molecule has 0 spiro atoms. The van der Waals surface area contributed by atoms with Crippen molar-refractivity contribution in [3.05, 3.63) is 5.89 Å². The van der Waals surface area contributed by atoms with Crippen LogP contribution in [-0.4, -0.2) is 27.2 Å². The van der Waals surface area contributed by atoms with Crippen LogP contribution in [0.5, 0.6) is 0 Å². The van der Waals surface area contributed by atoms with Gasteiger partial charge in [-0.25, -0.2) is 0 Å². The molecule has 1 amide bonds. The van der Waals surface area contributed by atoms with E-state index >= 15 is 0 Å². The number of carboxylic acid groups (broad SMARTS) is 1. The van der Waals surface area contributed by atoms with Gasteiger partial charge in [-0.15, -0.1) is 5.10 Å². The number of amides is 1. The molecule has 2 N–H and O–H groups in total. The first-order valence-electron chi connectivity index (χ1n) is 4.75. The van der Waals surface area contributed by atoms with Crippen molar-refractivity contribution >= 4 is 17.9 Å². The first-order valence-corrected chi connectivity index (χ1v) is 4.75. The van der Waals surface area contributed by atoms with E-state index in [1.54, 1.807) is 6.92 Å². The van der Waals surface area contributed by atoms with E-state index in [4.69, 9.17) is 9.52 Å². The third-order valence-electron chi connectivity index (χ3n) is 2.31. The molecule has 1 aromatic heterocycles. The molecule has 88 valence electrons. The third-order valence-corrected chi connectivity index (χ3v) is 2.31. The normalized spacial score (nSPS) is 14.2. The van der Waals surface area contributed by atoms with Gasteiger partial charge in [0.2, 0.25) is 11.8 Å². The Labute approximate surface area is 91.9 Å². The number of carbonyl (C=O) groups is 2. The van der Waals surface area contributed by atoms with Crippen LogP contribution in [0.15, 0.2) is 4.42 Å². The molecule has 0 radical (unpaired) electrons. The summed E-state index contributed by atoms with van der Waals surface area (Å²) in [5, 5.41) is 18.2. The Hall–Kier alpha value is -1.92. The molecule has 0 aliphatic heterocycles. The maximum absolute atomic E-state index is 11.6. The minimum Gasteiger partial charge on any atom is -0.481 e. The molecule has 2 atom stereocenters. The van der Waals surface area contributed by atoms with Crippen LogP contribution < -0.4 is 5.32 Å². The van der Waals surface area contributed by atoms with Gasteiger partial charge in [0, 0.05) is 12.8 Å². The van der Waals surface area contributed by atoms with Crippen molar-refractivity contribution in [3.8, 4) is 0 Å². The summed E-state index contributed by atoms with van der Waals surface area (Å²) in [5.74, 6) is -2.61. The van der Waals surface area contributed by atoms with Crippen LogP contribution in [0.1, 0.15) is 19.7 Å². The van der Waals surface area contributed by atoms with Gasteiger partial charge in [0.15, 0.2) is 0 Å². The fraction of sp³-hybridized carbons (Fsp3) is 0.556. The van der Waals surface area contributed by atoms with E-state index in [-0.39, 0.29) is 6.01 Å². The second kappa shape index (κ2) is 4.73. The predicted molar refractivity (Wildman–Crippen MR) is 53.6 cm³/mol. The lowest BCUT2D eigenvalue weighted by atomic mass is 9.95. The Morgan fingerprint density at radius 3 is 2.38 bits per heavy atom. The zero-order chi connectivity index (χ0) is 12.3. The SMILES string of the molecule is Cc1nnc(NC(=O)C(C)C(C)C(=O)O)o1. The second-order valence-corrected chi connectivity index (χ2v) is 3.53. The number of carbonyl (C=O) groups excluding carboxylic acids is 1. The smallest absolute Gasteiger partial charge is 0.322 e. The van der Waals surface area contributed by atoms with Gasteiger partial charge in [0.1, 0.15) is 0 Å². The van der Waals surface area contributed by atoms with Crippen LogP contribution in [0.4, 0.5) is 6.01 Å². The van der Waals surface area contributed by atoms with E-state index < -0.39 is 23.7 Å². The number of carboxylic acids is 1. The molecule has 7 nitrogen and oxygen atoms in total. The average molecular weight is 227 g/mol. The fourth-order valence-electron chi connectivity index (χ4n) is 1.01. The van der Waals surface area contributed by atoms with Crippen LogP contribution in [0.25, 0.3) is 0 Å². The lowest BCUT2D eigenvalue weighted by Gasteiger charge is -2.13. The van der Waals surface area contributed by atoms with Gasteiger partial charge < -0.3 is 9.52 Å². The molecule has 16 heavy (non-hydrogen) atoms. The van der Waals surface area contributed by atoms with Crippen LogP contribution in [0, 0.1) is 18.8 Å². The fourth-order valence-corrected chi connectivity index (χ4v) is 1.01. The Bertz CT molecular complexity index is 401. The van der Waals surface area contributed by atoms with Crippen LogP contribution in [0.3, 0.4) is 0 Å². The number of rotatable bonds is 4. The number of anilines is 1. The van der Waals surface area contributed by atoms with Crippen molar-refractivity contribution in [3.63, 3.8) is 0 Å². The van der Waals surface area contributed by atoms with Gasteiger partial charge in [0.05, 0.1) is 5.92 Å². The molecule has 0 saturated carbocycles. The average Bonchev–Trinajstić information content (AvgIpc) is 2.61. The molecule has 0 aliphatic carbocycles. The number of nitrogens with one attached hydrogen (secondary N) is 1. The number of aliphatic carboxylic acids is 1. The molecule has 1 aromatic rings. The first kappa shape index (κ1) is 12.2. The summed E-state index contributed by atoms with van der Waals surface area (Å²) in [6, 6.07) is -0.0214. The Balaban J connectivity index is 2.62. The van der Waals surface area contributed by atoms with Crippen molar-refractivity contribution in [2.45, 2.75) is 20.8 Å². The molecular formula is C9H13N3O4. The largest absolute Gasteiger partial charge is 0.481 e. The molecular weight excluding hydrogens is 214 g/mol.